The SMILES string of the molecule is CCN1C(=O)c2cccnc2Sc2cc(C(=O)N3CCN(CC(C)C)CC3)ccc21. The van der Waals surface area contributed by atoms with Gasteiger partial charge in [-0.25, -0.2) is 4.98 Å². The van der Waals surface area contributed by atoms with E-state index in [1.165, 1.54) is 11.8 Å². The Bertz CT molecular complexity index is 954. The lowest BCUT2D eigenvalue weighted by Crippen LogP contribution is -2.49. The van der Waals surface area contributed by atoms with Crippen molar-refractivity contribution < 1.29 is 9.59 Å². The largest absolute Gasteiger partial charge is 0.336 e. The third-order valence-electron chi connectivity index (χ3n) is 5.55. The fourth-order valence-electron chi connectivity index (χ4n) is 4.09. The van der Waals surface area contributed by atoms with Crippen molar-refractivity contribution in [1.82, 2.24) is 14.8 Å². The molecule has 0 N–H and O–H groups in total. The third kappa shape index (κ3) is 4.09. The maximum atomic E-state index is 13.2. The van der Waals surface area contributed by atoms with Crippen LogP contribution in [0.25, 0.3) is 0 Å². The molecular weight excluding hydrogens is 396 g/mol. The Labute approximate surface area is 182 Å². The molecule has 4 rings (SSSR count). The van der Waals surface area contributed by atoms with Crippen molar-refractivity contribution >= 4 is 29.3 Å². The number of rotatable bonds is 4. The number of fused-ring (bicyclic) bond motifs is 2. The van der Waals surface area contributed by atoms with Gasteiger partial charge in [-0.3, -0.25) is 14.5 Å². The first-order valence-electron chi connectivity index (χ1n) is 10.6. The van der Waals surface area contributed by atoms with Gasteiger partial charge in [0.25, 0.3) is 11.8 Å². The molecule has 1 aromatic carbocycles. The summed E-state index contributed by atoms with van der Waals surface area (Å²) in [6.45, 7) is 11.4. The second kappa shape index (κ2) is 8.78. The molecule has 1 fully saturated rings. The number of nitrogens with zero attached hydrogens (tertiary/aromatic N) is 4. The molecule has 0 spiro atoms. The highest BCUT2D eigenvalue weighted by Crippen LogP contribution is 2.40. The number of piperazine rings is 1. The van der Waals surface area contributed by atoms with Crippen LogP contribution in [0.3, 0.4) is 0 Å². The Hall–Kier alpha value is -2.38. The molecule has 2 aliphatic rings. The van der Waals surface area contributed by atoms with Gasteiger partial charge in [-0.15, -0.1) is 0 Å². The van der Waals surface area contributed by atoms with Crippen LogP contribution in [-0.4, -0.2) is 65.9 Å². The van der Waals surface area contributed by atoms with E-state index in [4.69, 9.17) is 0 Å². The Balaban J connectivity index is 1.58. The van der Waals surface area contributed by atoms with E-state index in [1.54, 1.807) is 17.2 Å². The number of aromatic nitrogens is 1. The van der Waals surface area contributed by atoms with Crippen molar-refractivity contribution in [2.75, 3.05) is 44.2 Å². The van der Waals surface area contributed by atoms with Gasteiger partial charge in [-0.1, -0.05) is 25.6 Å². The summed E-state index contributed by atoms with van der Waals surface area (Å²) in [6, 6.07) is 9.27. The number of carbonyl (C=O) groups excluding carboxylic acids is 2. The van der Waals surface area contributed by atoms with Gasteiger partial charge in [0, 0.05) is 55.9 Å². The van der Waals surface area contributed by atoms with Gasteiger partial charge in [0.2, 0.25) is 0 Å². The molecule has 0 aliphatic carbocycles. The first kappa shape index (κ1) is 20.9. The number of amides is 2. The van der Waals surface area contributed by atoms with E-state index in [0.29, 0.717) is 28.6 Å². The number of pyridine rings is 1. The van der Waals surface area contributed by atoms with Crippen molar-refractivity contribution in [3.05, 3.63) is 47.7 Å². The Morgan fingerprint density at radius 3 is 2.63 bits per heavy atom. The summed E-state index contributed by atoms with van der Waals surface area (Å²) in [5.74, 6) is 0.643. The van der Waals surface area contributed by atoms with E-state index < -0.39 is 0 Å². The van der Waals surface area contributed by atoms with Crippen LogP contribution in [0.2, 0.25) is 0 Å². The summed E-state index contributed by atoms with van der Waals surface area (Å²) in [4.78, 5) is 37.6. The normalized spacial score (nSPS) is 17.0. The molecule has 158 valence electrons. The van der Waals surface area contributed by atoms with Crippen LogP contribution in [0.1, 0.15) is 41.5 Å². The zero-order valence-electron chi connectivity index (χ0n) is 17.8. The van der Waals surface area contributed by atoms with Gasteiger partial charge in [-0.2, -0.15) is 0 Å². The van der Waals surface area contributed by atoms with Gasteiger partial charge in [0.1, 0.15) is 5.03 Å². The summed E-state index contributed by atoms with van der Waals surface area (Å²) in [7, 11) is 0. The lowest BCUT2D eigenvalue weighted by atomic mass is 10.1. The van der Waals surface area contributed by atoms with Crippen LogP contribution >= 0.6 is 11.8 Å². The molecule has 0 radical (unpaired) electrons. The second-order valence-electron chi connectivity index (χ2n) is 8.18. The molecule has 1 aromatic heterocycles. The zero-order valence-corrected chi connectivity index (χ0v) is 18.6. The third-order valence-corrected chi connectivity index (χ3v) is 6.62. The summed E-state index contributed by atoms with van der Waals surface area (Å²) < 4.78 is 0. The highest BCUT2D eigenvalue weighted by Gasteiger charge is 2.29. The van der Waals surface area contributed by atoms with E-state index in [0.717, 1.165) is 43.3 Å². The minimum Gasteiger partial charge on any atom is -0.336 e. The highest BCUT2D eigenvalue weighted by molar-refractivity contribution is 7.99. The van der Waals surface area contributed by atoms with Gasteiger partial charge in [-0.05, 0) is 43.2 Å². The van der Waals surface area contributed by atoms with Crippen molar-refractivity contribution in [3.63, 3.8) is 0 Å². The molecular formula is C23H28N4O2S. The van der Waals surface area contributed by atoms with E-state index in [-0.39, 0.29) is 11.8 Å². The maximum absolute atomic E-state index is 13.2. The summed E-state index contributed by atoms with van der Waals surface area (Å²) in [6.07, 6.45) is 1.70. The van der Waals surface area contributed by atoms with E-state index in [2.05, 4.69) is 23.7 Å². The van der Waals surface area contributed by atoms with Crippen LogP contribution < -0.4 is 4.90 Å². The van der Waals surface area contributed by atoms with Crippen LogP contribution in [0.15, 0.2) is 46.5 Å². The standard InChI is InChI=1S/C23H28N4O2S/c1-4-27-19-8-7-17(22(28)26-12-10-25(11-13-26)15-16(2)3)14-20(19)30-21-18(23(27)29)6-5-9-24-21/h5-9,14,16H,4,10-13,15H2,1-3H3. The first-order valence-corrected chi connectivity index (χ1v) is 11.4. The monoisotopic (exact) mass is 424 g/mol. The van der Waals surface area contributed by atoms with Gasteiger partial charge >= 0.3 is 0 Å². The molecule has 1 saturated heterocycles. The van der Waals surface area contributed by atoms with Gasteiger partial charge in [0.05, 0.1) is 11.3 Å². The van der Waals surface area contributed by atoms with Gasteiger partial charge < -0.3 is 9.80 Å². The molecule has 7 heteroatoms. The fraction of sp³-hybridized carbons (Fsp3) is 0.435. The van der Waals surface area contributed by atoms with Crippen LogP contribution in [-0.2, 0) is 0 Å². The topological polar surface area (TPSA) is 56.8 Å². The average molecular weight is 425 g/mol. The lowest BCUT2D eigenvalue weighted by molar-refractivity contribution is 0.0623. The smallest absolute Gasteiger partial charge is 0.261 e. The Morgan fingerprint density at radius 2 is 1.93 bits per heavy atom. The molecule has 0 unspecified atom stereocenters. The predicted octanol–water partition coefficient (Wildman–Crippen LogP) is 3.63. The number of carbonyl (C=O) groups is 2. The van der Waals surface area contributed by atoms with Crippen LogP contribution in [0.5, 0.6) is 0 Å². The van der Waals surface area contributed by atoms with E-state index >= 15 is 0 Å². The van der Waals surface area contributed by atoms with E-state index in [1.807, 2.05) is 36.1 Å². The molecule has 2 aromatic rings. The Kier molecular flexibility index (Phi) is 6.11. The number of anilines is 1. The second-order valence-corrected chi connectivity index (χ2v) is 9.21. The Morgan fingerprint density at radius 1 is 1.17 bits per heavy atom. The first-order chi connectivity index (χ1) is 14.5. The molecule has 30 heavy (non-hydrogen) atoms. The molecule has 0 saturated carbocycles. The minimum absolute atomic E-state index is 0.0489. The maximum Gasteiger partial charge on any atom is 0.261 e. The summed E-state index contributed by atoms with van der Waals surface area (Å²) in [5.41, 5.74) is 2.11. The predicted molar refractivity (Wildman–Crippen MR) is 119 cm³/mol. The molecule has 2 amide bonds. The molecule has 2 aliphatic heterocycles. The highest BCUT2D eigenvalue weighted by atomic mass is 32.2. The fourth-order valence-corrected chi connectivity index (χ4v) is 5.15. The average Bonchev–Trinajstić information content (AvgIpc) is 2.86. The van der Waals surface area contributed by atoms with Crippen molar-refractivity contribution in [2.45, 2.75) is 30.7 Å². The number of benzene rings is 1. The van der Waals surface area contributed by atoms with Crippen molar-refractivity contribution in [3.8, 4) is 0 Å². The molecule has 0 bridgehead atoms. The lowest BCUT2D eigenvalue weighted by Gasteiger charge is -2.35. The number of hydrogen-bond donors (Lipinski definition) is 0. The number of hydrogen-bond acceptors (Lipinski definition) is 5. The quantitative estimate of drug-likeness (QED) is 0.750. The van der Waals surface area contributed by atoms with Crippen molar-refractivity contribution in [2.24, 2.45) is 5.92 Å². The summed E-state index contributed by atoms with van der Waals surface area (Å²) in [5, 5.41) is 0.687. The molecule has 0 atom stereocenters. The van der Waals surface area contributed by atoms with Crippen molar-refractivity contribution in [1.29, 1.82) is 0 Å². The minimum atomic E-state index is -0.0489. The van der Waals surface area contributed by atoms with E-state index in [9.17, 15) is 9.59 Å². The summed E-state index contributed by atoms with van der Waals surface area (Å²) >= 11 is 1.46. The van der Waals surface area contributed by atoms with Gasteiger partial charge in [0.15, 0.2) is 0 Å². The molecule has 3 heterocycles. The molecule has 6 nitrogen and oxygen atoms in total. The van der Waals surface area contributed by atoms with Crippen LogP contribution in [0, 0.1) is 5.92 Å². The van der Waals surface area contributed by atoms with Crippen LogP contribution in [0.4, 0.5) is 5.69 Å². The zero-order chi connectivity index (χ0) is 21.3.